The highest BCUT2D eigenvalue weighted by molar-refractivity contribution is 5.37. The summed E-state index contributed by atoms with van der Waals surface area (Å²) in [7, 11) is 6.06. The molecule has 0 atom stereocenters. The zero-order chi connectivity index (χ0) is 15.0. The number of anilines is 2. The van der Waals surface area contributed by atoms with Crippen molar-refractivity contribution in [3.05, 3.63) is 0 Å². The molecule has 0 aliphatic heterocycles. The van der Waals surface area contributed by atoms with Crippen molar-refractivity contribution in [2.75, 3.05) is 57.6 Å². The van der Waals surface area contributed by atoms with Crippen LogP contribution in [0.25, 0.3) is 0 Å². The number of rotatable bonds is 9. The second kappa shape index (κ2) is 8.52. The first-order chi connectivity index (χ1) is 9.56. The molecule has 1 rings (SSSR count). The molecule has 0 saturated carbocycles. The van der Waals surface area contributed by atoms with Crippen molar-refractivity contribution in [1.82, 2.24) is 19.9 Å². The van der Waals surface area contributed by atoms with Crippen molar-refractivity contribution in [3.63, 3.8) is 0 Å². The zero-order valence-corrected chi connectivity index (χ0v) is 13.2. The number of likely N-dealkylation sites (N-methyl/N-ethyl adjacent to an activating group) is 2. The maximum Gasteiger partial charge on any atom is 0.323 e. The average molecular weight is 282 g/mol. The predicted octanol–water partition coefficient (Wildman–Crippen LogP) is 1.09. The van der Waals surface area contributed by atoms with E-state index in [4.69, 9.17) is 4.74 Å². The molecule has 114 valence electrons. The summed E-state index contributed by atoms with van der Waals surface area (Å²) in [6.45, 7) is 7.16. The van der Waals surface area contributed by atoms with E-state index in [-0.39, 0.29) is 0 Å². The van der Waals surface area contributed by atoms with Crippen LogP contribution in [-0.4, -0.2) is 67.2 Å². The number of nitrogens with zero attached hydrogens (tertiary/aromatic N) is 5. The first-order valence-corrected chi connectivity index (χ1v) is 7.05. The maximum atomic E-state index is 5.40. The zero-order valence-electron chi connectivity index (χ0n) is 13.2. The molecular formula is C13H26N6O. The third-order valence-corrected chi connectivity index (χ3v) is 2.63. The van der Waals surface area contributed by atoms with Gasteiger partial charge in [0.15, 0.2) is 0 Å². The molecule has 20 heavy (non-hydrogen) atoms. The molecule has 0 amide bonds. The van der Waals surface area contributed by atoms with Crippen molar-refractivity contribution in [2.24, 2.45) is 0 Å². The van der Waals surface area contributed by atoms with Gasteiger partial charge in [-0.05, 0) is 27.4 Å². The lowest BCUT2D eigenvalue weighted by atomic mass is 10.5. The Morgan fingerprint density at radius 3 is 2.40 bits per heavy atom. The molecule has 1 aromatic heterocycles. The minimum atomic E-state index is 0.368. The second-order valence-electron chi connectivity index (χ2n) is 4.83. The molecule has 0 radical (unpaired) electrons. The fourth-order valence-electron chi connectivity index (χ4n) is 1.48. The Morgan fingerprint density at radius 2 is 1.80 bits per heavy atom. The van der Waals surface area contributed by atoms with Crippen LogP contribution in [0.3, 0.4) is 0 Å². The summed E-state index contributed by atoms with van der Waals surface area (Å²) in [6.07, 6.45) is 1.02. The lowest BCUT2D eigenvalue weighted by Crippen LogP contribution is -2.30. The van der Waals surface area contributed by atoms with E-state index in [1.165, 1.54) is 0 Å². The third kappa shape index (κ3) is 5.56. The second-order valence-corrected chi connectivity index (χ2v) is 4.83. The summed E-state index contributed by atoms with van der Waals surface area (Å²) in [5, 5.41) is 3.17. The highest BCUT2D eigenvalue weighted by Crippen LogP contribution is 2.14. The Kier molecular flexibility index (Phi) is 7.00. The molecule has 0 aliphatic carbocycles. The molecule has 7 heteroatoms. The van der Waals surface area contributed by atoms with Gasteiger partial charge in [0.1, 0.15) is 0 Å². The van der Waals surface area contributed by atoms with Gasteiger partial charge in [0, 0.05) is 26.7 Å². The summed E-state index contributed by atoms with van der Waals surface area (Å²) in [5.41, 5.74) is 0. The maximum absolute atomic E-state index is 5.40. The molecule has 1 N–H and O–H groups in total. The number of nitrogens with one attached hydrogen (secondary N) is 1. The number of hydrogen-bond acceptors (Lipinski definition) is 7. The molecule has 0 bridgehead atoms. The smallest absolute Gasteiger partial charge is 0.323 e. The topological polar surface area (TPSA) is 66.4 Å². The third-order valence-electron chi connectivity index (χ3n) is 2.63. The van der Waals surface area contributed by atoms with Crippen molar-refractivity contribution >= 4 is 11.9 Å². The summed E-state index contributed by atoms with van der Waals surface area (Å²) in [6, 6.07) is 0.368. The molecule has 0 aliphatic rings. The summed E-state index contributed by atoms with van der Waals surface area (Å²) in [5.74, 6) is 1.20. The van der Waals surface area contributed by atoms with Crippen LogP contribution in [0, 0.1) is 0 Å². The van der Waals surface area contributed by atoms with Gasteiger partial charge in [0.05, 0.1) is 6.61 Å². The largest absolute Gasteiger partial charge is 0.464 e. The molecule has 0 fully saturated rings. The molecule has 1 aromatic rings. The van der Waals surface area contributed by atoms with Crippen LogP contribution in [0.4, 0.5) is 11.9 Å². The van der Waals surface area contributed by atoms with Crippen molar-refractivity contribution in [3.8, 4) is 6.01 Å². The molecule has 0 saturated heterocycles. The van der Waals surface area contributed by atoms with E-state index in [9.17, 15) is 0 Å². The fraction of sp³-hybridized carbons (Fsp3) is 0.769. The lowest BCUT2D eigenvalue weighted by molar-refractivity contribution is 0.312. The van der Waals surface area contributed by atoms with Crippen LogP contribution in [0.5, 0.6) is 6.01 Å². The first-order valence-electron chi connectivity index (χ1n) is 7.05. The first kappa shape index (κ1) is 16.4. The molecule has 0 spiro atoms. The quantitative estimate of drug-likeness (QED) is 0.727. The van der Waals surface area contributed by atoms with Gasteiger partial charge in [-0.25, -0.2) is 0 Å². The summed E-state index contributed by atoms with van der Waals surface area (Å²) < 4.78 is 5.40. The van der Waals surface area contributed by atoms with E-state index >= 15 is 0 Å². The van der Waals surface area contributed by atoms with Crippen molar-refractivity contribution in [1.29, 1.82) is 0 Å². The SMILES string of the molecule is CCCNc1nc(OCC)nc(N(C)CCN(C)C)n1. The Morgan fingerprint density at radius 1 is 1.05 bits per heavy atom. The van der Waals surface area contributed by atoms with Gasteiger partial charge in [-0.1, -0.05) is 6.92 Å². The van der Waals surface area contributed by atoms with Gasteiger partial charge in [-0.3, -0.25) is 0 Å². The average Bonchev–Trinajstić information content (AvgIpc) is 2.42. The number of aromatic nitrogens is 3. The Bertz CT molecular complexity index is 398. The predicted molar refractivity (Wildman–Crippen MR) is 81.6 cm³/mol. The highest BCUT2D eigenvalue weighted by Gasteiger charge is 2.11. The van der Waals surface area contributed by atoms with Gasteiger partial charge >= 0.3 is 6.01 Å². The standard InChI is InChI=1S/C13H26N6O/c1-6-8-14-11-15-12(17-13(16-11)20-7-2)19(5)10-9-18(3)4/h6-10H2,1-5H3,(H,14,15,16,17). The van der Waals surface area contributed by atoms with Crippen LogP contribution in [0.15, 0.2) is 0 Å². The normalized spacial score (nSPS) is 10.7. The molecule has 0 aromatic carbocycles. The van der Waals surface area contributed by atoms with Crippen LogP contribution < -0.4 is 15.0 Å². The van der Waals surface area contributed by atoms with E-state index in [2.05, 4.69) is 32.1 Å². The van der Waals surface area contributed by atoms with Crippen LogP contribution in [0.1, 0.15) is 20.3 Å². The highest BCUT2D eigenvalue weighted by atomic mass is 16.5. The number of hydrogen-bond donors (Lipinski definition) is 1. The Hall–Kier alpha value is -1.63. The lowest BCUT2D eigenvalue weighted by Gasteiger charge is -2.20. The van der Waals surface area contributed by atoms with Crippen LogP contribution >= 0.6 is 0 Å². The molecule has 1 heterocycles. The molecule has 0 unspecified atom stereocenters. The van der Waals surface area contributed by atoms with Crippen LogP contribution in [-0.2, 0) is 0 Å². The van der Waals surface area contributed by atoms with Crippen LogP contribution in [0.2, 0.25) is 0 Å². The van der Waals surface area contributed by atoms with Gasteiger partial charge in [-0.15, -0.1) is 0 Å². The Balaban J connectivity index is 2.83. The van der Waals surface area contributed by atoms with Gasteiger partial charge in [-0.2, -0.15) is 15.0 Å². The fourth-order valence-corrected chi connectivity index (χ4v) is 1.48. The van der Waals surface area contributed by atoms with E-state index in [1.807, 2.05) is 33.0 Å². The van der Waals surface area contributed by atoms with E-state index in [0.717, 1.165) is 26.1 Å². The minimum Gasteiger partial charge on any atom is -0.464 e. The summed E-state index contributed by atoms with van der Waals surface area (Å²) >= 11 is 0. The Labute approximate surface area is 121 Å². The van der Waals surface area contributed by atoms with Crippen molar-refractivity contribution < 1.29 is 4.74 Å². The van der Waals surface area contributed by atoms with Gasteiger partial charge < -0.3 is 19.9 Å². The van der Waals surface area contributed by atoms with Crippen molar-refractivity contribution in [2.45, 2.75) is 20.3 Å². The van der Waals surface area contributed by atoms with Gasteiger partial charge in [0.2, 0.25) is 11.9 Å². The molecule has 7 nitrogen and oxygen atoms in total. The van der Waals surface area contributed by atoms with E-state index in [1.54, 1.807) is 0 Å². The van der Waals surface area contributed by atoms with E-state index in [0.29, 0.717) is 24.5 Å². The minimum absolute atomic E-state index is 0.368. The monoisotopic (exact) mass is 282 g/mol. The molecular weight excluding hydrogens is 256 g/mol. The van der Waals surface area contributed by atoms with E-state index < -0.39 is 0 Å². The summed E-state index contributed by atoms with van der Waals surface area (Å²) in [4.78, 5) is 17.1. The van der Waals surface area contributed by atoms with Gasteiger partial charge in [0.25, 0.3) is 0 Å². The number of ether oxygens (including phenoxy) is 1.